The molecule has 14 heteroatoms. The van der Waals surface area contributed by atoms with Crippen molar-refractivity contribution < 1.29 is 67.5 Å². The van der Waals surface area contributed by atoms with E-state index in [9.17, 15) is 20.1 Å². The first-order valence-corrected chi connectivity index (χ1v) is 22.3. The van der Waals surface area contributed by atoms with Gasteiger partial charge >= 0.3 is 5.97 Å². The van der Waals surface area contributed by atoms with E-state index in [-0.39, 0.29) is 30.8 Å². The Kier molecular flexibility index (Phi) is 14.5. The minimum absolute atomic E-state index is 0.0400. The molecule has 1 spiro atoms. The molecule has 338 valence electrons. The van der Waals surface area contributed by atoms with Gasteiger partial charge in [0.25, 0.3) is 0 Å². The number of esters is 1. The summed E-state index contributed by atoms with van der Waals surface area (Å²) in [6.45, 7) is 14.0. The first-order chi connectivity index (χ1) is 28.6. The smallest absolute Gasteiger partial charge is 0.316 e. The number of hydrogen-bond acceptors (Lipinski definition) is 14. The number of aliphatic hydroxyl groups is 3. The third-order valence-electron chi connectivity index (χ3n) is 14.3. The summed E-state index contributed by atoms with van der Waals surface area (Å²) in [7, 11) is 3.22. The lowest BCUT2D eigenvalue weighted by Gasteiger charge is -2.49. The fourth-order valence-corrected chi connectivity index (χ4v) is 10.4. The van der Waals surface area contributed by atoms with E-state index in [2.05, 4.69) is 26.8 Å². The molecule has 3 N–H and O–H groups in total. The Morgan fingerprint density at radius 3 is 2.33 bits per heavy atom. The zero-order valence-corrected chi connectivity index (χ0v) is 36.9. The highest BCUT2D eigenvalue weighted by Gasteiger charge is 2.60. The molecule has 7 rings (SSSR count). The predicted octanol–water partition coefficient (Wildman–Crippen LogP) is 4.97. The molecule has 0 aromatic heterocycles. The molecule has 1 aliphatic carbocycles. The maximum atomic E-state index is 14.3. The summed E-state index contributed by atoms with van der Waals surface area (Å²) in [5, 5.41) is 34.4. The van der Waals surface area contributed by atoms with Gasteiger partial charge in [-0.1, -0.05) is 51.2 Å². The normalized spacial score (nSPS) is 50.1. The molecule has 0 radical (unpaired) electrons. The van der Waals surface area contributed by atoms with Crippen molar-refractivity contribution in [3.05, 3.63) is 47.1 Å². The van der Waals surface area contributed by atoms with Crippen molar-refractivity contribution in [3.8, 4) is 0 Å². The van der Waals surface area contributed by atoms with E-state index in [1.165, 1.54) is 0 Å². The molecule has 6 heterocycles. The maximum absolute atomic E-state index is 14.3. The Bertz CT molecular complexity index is 1630. The molecule has 0 aromatic rings. The van der Waals surface area contributed by atoms with E-state index < -0.39 is 90.8 Å². The molecule has 5 fully saturated rings. The lowest BCUT2D eigenvalue weighted by Crippen LogP contribution is -2.58. The average Bonchev–Trinajstić information content (AvgIpc) is 3.55. The Morgan fingerprint density at radius 1 is 0.900 bits per heavy atom. The van der Waals surface area contributed by atoms with Crippen LogP contribution < -0.4 is 0 Å². The van der Waals surface area contributed by atoms with Crippen LogP contribution in [0.4, 0.5) is 0 Å². The van der Waals surface area contributed by atoms with Gasteiger partial charge in [-0.15, -0.1) is 0 Å². The first kappa shape index (κ1) is 46.0. The van der Waals surface area contributed by atoms with Gasteiger partial charge in [-0.25, -0.2) is 0 Å². The summed E-state index contributed by atoms with van der Waals surface area (Å²) in [5.74, 6) is -2.37. The molecule has 0 unspecified atom stereocenters. The summed E-state index contributed by atoms with van der Waals surface area (Å²) in [6.07, 6.45) is 6.12. The van der Waals surface area contributed by atoms with Crippen molar-refractivity contribution in [2.45, 2.75) is 197 Å². The number of hydrogen-bond donors (Lipinski definition) is 3. The Labute approximate surface area is 355 Å². The number of aliphatic hydroxyl groups excluding tert-OH is 2. The highest BCUT2D eigenvalue weighted by atomic mass is 16.7. The van der Waals surface area contributed by atoms with Crippen LogP contribution in [0, 0.1) is 17.8 Å². The van der Waals surface area contributed by atoms with Crippen LogP contribution in [0.5, 0.6) is 0 Å². The third-order valence-corrected chi connectivity index (χ3v) is 14.3. The van der Waals surface area contributed by atoms with Crippen LogP contribution in [0.2, 0.25) is 0 Å². The quantitative estimate of drug-likeness (QED) is 0.232. The fraction of sp³-hybridized carbons (Fsp3) is 0.804. The Balaban J connectivity index is 1.17. The Hall–Kier alpha value is -2.05. The van der Waals surface area contributed by atoms with E-state index in [4.69, 9.17) is 47.4 Å². The van der Waals surface area contributed by atoms with Crippen molar-refractivity contribution in [3.63, 3.8) is 0 Å². The Morgan fingerprint density at radius 2 is 1.62 bits per heavy atom. The number of rotatable bonds is 7. The van der Waals surface area contributed by atoms with Crippen molar-refractivity contribution in [1.29, 1.82) is 0 Å². The predicted molar refractivity (Wildman–Crippen MR) is 218 cm³/mol. The summed E-state index contributed by atoms with van der Waals surface area (Å²) in [4.78, 5) is 14.3. The highest BCUT2D eigenvalue weighted by molar-refractivity contribution is 5.78. The van der Waals surface area contributed by atoms with Crippen molar-refractivity contribution in [1.82, 2.24) is 0 Å². The van der Waals surface area contributed by atoms with Crippen LogP contribution in [0.15, 0.2) is 47.1 Å². The van der Waals surface area contributed by atoms with E-state index in [0.717, 1.165) is 12.0 Å². The van der Waals surface area contributed by atoms with Gasteiger partial charge in [0.1, 0.15) is 42.0 Å². The second-order valence-corrected chi connectivity index (χ2v) is 18.4. The number of carbonyl (C=O) groups excluding carboxylic acids is 1. The van der Waals surface area contributed by atoms with Crippen LogP contribution in [0.25, 0.3) is 0 Å². The van der Waals surface area contributed by atoms with Gasteiger partial charge in [-0.05, 0) is 69.6 Å². The molecule has 60 heavy (non-hydrogen) atoms. The van der Waals surface area contributed by atoms with Gasteiger partial charge in [0, 0.05) is 52.2 Å². The highest BCUT2D eigenvalue weighted by Crippen LogP contribution is 2.48. The molecule has 5 saturated heterocycles. The fourth-order valence-electron chi connectivity index (χ4n) is 10.4. The molecule has 14 nitrogen and oxygen atoms in total. The van der Waals surface area contributed by atoms with Gasteiger partial charge < -0.3 is 62.7 Å². The van der Waals surface area contributed by atoms with Crippen LogP contribution in [-0.4, -0.2) is 139 Å². The van der Waals surface area contributed by atoms with E-state index in [1.807, 2.05) is 32.9 Å². The van der Waals surface area contributed by atoms with Gasteiger partial charge in [-0.3, -0.25) is 4.79 Å². The lowest BCUT2D eigenvalue weighted by molar-refractivity contribution is -0.332. The molecular formula is C46H70O14. The summed E-state index contributed by atoms with van der Waals surface area (Å²) in [6, 6.07) is 0. The molecule has 0 saturated carbocycles. The van der Waals surface area contributed by atoms with E-state index >= 15 is 0 Å². The van der Waals surface area contributed by atoms with Gasteiger partial charge in [-0.2, -0.15) is 0 Å². The maximum Gasteiger partial charge on any atom is 0.316 e. The van der Waals surface area contributed by atoms with E-state index in [0.29, 0.717) is 62.0 Å². The first-order valence-electron chi connectivity index (χ1n) is 22.3. The van der Waals surface area contributed by atoms with Gasteiger partial charge in [0.15, 0.2) is 18.4 Å². The molecule has 19 atom stereocenters. The number of ether oxygens (including phenoxy) is 10. The van der Waals surface area contributed by atoms with E-state index in [1.54, 1.807) is 33.3 Å². The largest absolute Gasteiger partial charge is 0.462 e. The zero-order chi connectivity index (χ0) is 43.1. The molecule has 0 amide bonds. The van der Waals surface area contributed by atoms with Crippen molar-refractivity contribution >= 4 is 5.97 Å². The molecule has 0 aromatic carbocycles. The second kappa shape index (κ2) is 19.0. The van der Waals surface area contributed by atoms with Crippen LogP contribution in [-0.2, 0) is 52.2 Å². The molecule has 7 aliphatic rings. The molecule has 6 aliphatic heterocycles. The van der Waals surface area contributed by atoms with Crippen LogP contribution >= 0.6 is 0 Å². The summed E-state index contributed by atoms with van der Waals surface area (Å²) < 4.78 is 63.3. The summed E-state index contributed by atoms with van der Waals surface area (Å²) >= 11 is 0. The summed E-state index contributed by atoms with van der Waals surface area (Å²) in [5.41, 5.74) is 0.282. The van der Waals surface area contributed by atoms with Crippen LogP contribution in [0.3, 0.4) is 0 Å². The number of allylic oxidation sites excluding steroid dienone is 2. The topological polar surface area (TPSA) is 170 Å². The molecule has 2 bridgehead atoms. The third kappa shape index (κ3) is 9.28. The average molecular weight is 847 g/mol. The van der Waals surface area contributed by atoms with Gasteiger partial charge in [0.2, 0.25) is 0 Å². The van der Waals surface area contributed by atoms with Gasteiger partial charge in [0.05, 0.1) is 49.3 Å². The van der Waals surface area contributed by atoms with Crippen molar-refractivity contribution in [2.24, 2.45) is 17.8 Å². The number of methoxy groups -OCH3 is 2. The SMILES string of the molecule is CCC1=C[C@H]2C(=O)O[C@H]3C[C@@H](C/C=C(\C)[C@@H](O[C@H]4C[C@H](OC)[C@@H](O[C@H]5C[C@H](OC)[C@@H](O)[C@H](C)O5)[C@H](C)O4)[C@@H](C)/C=C/C=C4\CO[C@H]([C@H]1O)[C@@]42O)O[C@@]1(CC[C@H](C)[C@@H](C)O1)C3. The lowest BCUT2D eigenvalue weighted by atomic mass is 9.70. The monoisotopic (exact) mass is 846 g/mol. The minimum Gasteiger partial charge on any atom is -0.462 e. The number of carbonyl (C=O) groups is 1. The molecular weight excluding hydrogens is 776 g/mol. The number of fused-ring (bicyclic) bond motifs is 2. The minimum atomic E-state index is -1.82. The zero-order valence-electron chi connectivity index (χ0n) is 36.9. The van der Waals surface area contributed by atoms with Crippen molar-refractivity contribution in [2.75, 3.05) is 20.8 Å². The second-order valence-electron chi connectivity index (χ2n) is 18.4. The van der Waals surface area contributed by atoms with Crippen LogP contribution in [0.1, 0.15) is 99.8 Å². The standard InChI is InChI=1S/C46H70O14/c1-10-30-18-34-44(49)56-33-19-32(60-45(22-33)17-16-24(2)27(5)59-45)15-14-26(4)41(25(3)12-11-13-31-23-53-43(40(30)48)46(31,34)50)57-38-21-36(52-9)42(29(7)55-38)58-37-20-35(51-8)39(47)28(6)54-37/h11-14,18,24-25,27-29,32-43,47-48,50H,10,15-17,19-23H2,1-9H3/b12-11+,26-14+,31-13+/t24-,25-,27+,28-,29-,32+,33-,34-,35-,36-,37-,38-,39-,40-,41-,42-,43+,45-,46+/m0/s1.